The smallest absolute Gasteiger partial charge is 0.191 e. The highest BCUT2D eigenvalue weighted by atomic mass is 32.2. The lowest BCUT2D eigenvalue weighted by Crippen LogP contribution is -2.43. The molecule has 0 aliphatic carbocycles. The molecule has 1 saturated heterocycles. The molecule has 0 saturated carbocycles. The molecule has 0 amide bonds. The van der Waals surface area contributed by atoms with Crippen LogP contribution in [-0.4, -0.2) is 74.6 Å². The molecular formula is C18H31N5S. The van der Waals surface area contributed by atoms with Crippen LogP contribution in [0.4, 0.5) is 0 Å². The van der Waals surface area contributed by atoms with E-state index in [0.717, 1.165) is 44.4 Å². The third-order valence-corrected chi connectivity index (χ3v) is 4.92. The van der Waals surface area contributed by atoms with Gasteiger partial charge in [-0.05, 0) is 24.4 Å². The standard InChI is InChI=1S/C18H31N5S/c1-19-18(20-8-13-24-3)21-14-16-4-6-17(7-5-16)15-23-11-9-22(2)10-12-23/h4-7H,8-15H2,1-3H3,(H2,19,20,21). The van der Waals surface area contributed by atoms with Gasteiger partial charge in [0.2, 0.25) is 0 Å². The van der Waals surface area contributed by atoms with E-state index in [1.54, 1.807) is 0 Å². The summed E-state index contributed by atoms with van der Waals surface area (Å²) in [6.45, 7) is 7.46. The van der Waals surface area contributed by atoms with E-state index in [9.17, 15) is 0 Å². The van der Waals surface area contributed by atoms with Gasteiger partial charge in [0.1, 0.15) is 0 Å². The van der Waals surface area contributed by atoms with Crippen molar-refractivity contribution in [3.63, 3.8) is 0 Å². The number of likely N-dealkylation sites (N-methyl/N-ethyl adjacent to an activating group) is 1. The molecule has 0 unspecified atom stereocenters. The lowest BCUT2D eigenvalue weighted by Gasteiger charge is -2.32. The van der Waals surface area contributed by atoms with Crippen molar-refractivity contribution in [1.29, 1.82) is 0 Å². The molecule has 0 aromatic heterocycles. The highest BCUT2D eigenvalue weighted by molar-refractivity contribution is 7.98. The van der Waals surface area contributed by atoms with Crippen LogP contribution in [-0.2, 0) is 13.1 Å². The number of thioether (sulfide) groups is 1. The molecule has 0 bridgehead atoms. The average Bonchev–Trinajstić information content (AvgIpc) is 2.61. The Balaban J connectivity index is 1.75. The molecule has 2 rings (SSSR count). The van der Waals surface area contributed by atoms with Crippen molar-refractivity contribution in [3.05, 3.63) is 35.4 Å². The lowest BCUT2D eigenvalue weighted by atomic mass is 10.1. The Morgan fingerprint density at radius 2 is 1.75 bits per heavy atom. The highest BCUT2D eigenvalue weighted by Crippen LogP contribution is 2.09. The molecule has 134 valence electrons. The van der Waals surface area contributed by atoms with Crippen LogP contribution in [0.1, 0.15) is 11.1 Å². The minimum Gasteiger partial charge on any atom is -0.356 e. The number of nitrogens with one attached hydrogen (secondary N) is 2. The molecule has 0 spiro atoms. The predicted molar refractivity (Wildman–Crippen MR) is 106 cm³/mol. The number of nitrogens with zero attached hydrogens (tertiary/aromatic N) is 3. The van der Waals surface area contributed by atoms with Crippen LogP contribution in [0.3, 0.4) is 0 Å². The molecule has 6 heteroatoms. The second kappa shape index (κ2) is 10.6. The zero-order chi connectivity index (χ0) is 17.2. The van der Waals surface area contributed by atoms with Crippen molar-refractivity contribution in [1.82, 2.24) is 20.4 Å². The van der Waals surface area contributed by atoms with Gasteiger partial charge in [-0.3, -0.25) is 9.89 Å². The SMILES string of the molecule is CN=C(NCCSC)NCc1ccc(CN2CCN(C)CC2)cc1. The maximum atomic E-state index is 4.25. The molecule has 1 heterocycles. The fourth-order valence-corrected chi connectivity index (χ4v) is 3.01. The number of hydrogen-bond donors (Lipinski definition) is 2. The maximum absolute atomic E-state index is 4.25. The van der Waals surface area contributed by atoms with Crippen molar-refractivity contribution in [3.8, 4) is 0 Å². The van der Waals surface area contributed by atoms with Gasteiger partial charge in [-0.1, -0.05) is 24.3 Å². The van der Waals surface area contributed by atoms with Crippen molar-refractivity contribution in [2.24, 2.45) is 4.99 Å². The number of piperazine rings is 1. The van der Waals surface area contributed by atoms with E-state index in [0.29, 0.717) is 0 Å². The third-order valence-electron chi connectivity index (χ3n) is 4.31. The predicted octanol–water partition coefficient (Wildman–Crippen LogP) is 1.46. The highest BCUT2D eigenvalue weighted by Gasteiger charge is 2.13. The number of benzene rings is 1. The van der Waals surface area contributed by atoms with Crippen molar-refractivity contribution in [2.75, 3.05) is 58.8 Å². The molecule has 2 N–H and O–H groups in total. The van der Waals surface area contributed by atoms with Gasteiger partial charge in [-0.2, -0.15) is 11.8 Å². The molecular weight excluding hydrogens is 318 g/mol. The molecule has 24 heavy (non-hydrogen) atoms. The zero-order valence-electron chi connectivity index (χ0n) is 15.2. The quantitative estimate of drug-likeness (QED) is 0.443. The Bertz CT molecular complexity index is 495. The summed E-state index contributed by atoms with van der Waals surface area (Å²) in [7, 11) is 4.01. The van der Waals surface area contributed by atoms with E-state index in [-0.39, 0.29) is 0 Å². The second-order valence-corrected chi connectivity index (χ2v) is 7.23. The van der Waals surface area contributed by atoms with E-state index in [4.69, 9.17) is 0 Å². The van der Waals surface area contributed by atoms with E-state index < -0.39 is 0 Å². The third kappa shape index (κ3) is 6.71. The molecule has 5 nitrogen and oxygen atoms in total. The van der Waals surface area contributed by atoms with E-state index >= 15 is 0 Å². The average molecular weight is 350 g/mol. The minimum atomic E-state index is 0.799. The van der Waals surface area contributed by atoms with E-state index in [2.05, 4.69) is 63.0 Å². The summed E-state index contributed by atoms with van der Waals surface area (Å²) in [6, 6.07) is 8.93. The maximum Gasteiger partial charge on any atom is 0.191 e. The second-order valence-electron chi connectivity index (χ2n) is 6.24. The van der Waals surface area contributed by atoms with Gasteiger partial charge < -0.3 is 15.5 Å². The molecule has 1 fully saturated rings. The summed E-state index contributed by atoms with van der Waals surface area (Å²) < 4.78 is 0. The number of hydrogen-bond acceptors (Lipinski definition) is 4. The van der Waals surface area contributed by atoms with Gasteiger partial charge in [0, 0.05) is 58.6 Å². The Hall–Kier alpha value is -1.24. The number of aliphatic imine (C=N–C) groups is 1. The lowest BCUT2D eigenvalue weighted by molar-refractivity contribution is 0.148. The first-order valence-electron chi connectivity index (χ1n) is 8.63. The van der Waals surface area contributed by atoms with Gasteiger partial charge in [-0.15, -0.1) is 0 Å². The van der Waals surface area contributed by atoms with Crippen molar-refractivity contribution >= 4 is 17.7 Å². The first-order chi connectivity index (χ1) is 11.7. The summed E-state index contributed by atoms with van der Waals surface area (Å²) >= 11 is 1.83. The normalized spacial score (nSPS) is 17.0. The number of rotatable bonds is 7. The largest absolute Gasteiger partial charge is 0.356 e. The zero-order valence-corrected chi connectivity index (χ0v) is 16.0. The molecule has 0 atom stereocenters. The summed E-state index contributed by atoms with van der Waals surface area (Å²) in [6.07, 6.45) is 2.11. The molecule has 1 aromatic rings. The minimum absolute atomic E-state index is 0.799. The summed E-state index contributed by atoms with van der Waals surface area (Å²) in [5, 5.41) is 6.68. The fourth-order valence-electron chi connectivity index (χ4n) is 2.70. The monoisotopic (exact) mass is 349 g/mol. The van der Waals surface area contributed by atoms with Gasteiger partial charge in [0.05, 0.1) is 0 Å². The number of guanidine groups is 1. The Kier molecular flexibility index (Phi) is 8.42. The summed E-state index contributed by atoms with van der Waals surface area (Å²) in [5.41, 5.74) is 2.68. The van der Waals surface area contributed by atoms with Gasteiger partial charge in [0.15, 0.2) is 5.96 Å². The molecule has 1 aromatic carbocycles. The summed E-state index contributed by atoms with van der Waals surface area (Å²) in [4.78, 5) is 9.18. The van der Waals surface area contributed by atoms with Crippen LogP contribution >= 0.6 is 11.8 Å². The fraction of sp³-hybridized carbons (Fsp3) is 0.611. The van der Waals surface area contributed by atoms with Gasteiger partial charge >= 0.3 is 0 Å². The van der Waals surface area contributed by atoms with Gasteiger partial charge in [-0.25, -0.2) is 0 Å². The van der Waals surface area contributed by atoms with Crippen LogP contribution in [0, 0.1) is 0 Å². The van der Waals surface area contributed by atoms with Crippen molar-refractivity contribution < 1.29 is 0 Å². The van der Waals surface area contributed by atoms with Crippen LogP contribution < -0.4 is 10.6 Å². The topological polar surface area (TPSA) is 42.9 Å². The first kappa shape index (κ1) is 19.1. The Morgan fingerprint density at radius 1 is 1.08 bits per heavy atom. The molecule has 0 radical (unpaired) electrons. The van der Waals surface area contributed by atoms with Gasteiger partial charge in [0.25, 0.3) is 0 Å². The molecule has 1 aliphatic heterocycles. The first-order valence-corrected chi connectivity index (χ1v) is 10.0. The Morgan fingerprint density at radius 3 is 2.38 bits per heavy atom. The molecule has 1 aliphatic rings. The summed E-state index contributed by atoms with van der Waals surface area (Å²) in [5.74, 6) is 1.95. The van der Waals surface area contributed by atoms with Crippen LogP contribution in [0.2, 0.25) is 0 Å². The Labute approximate surface area is 150 Å². The van der Waals surface area contributed by atoms with Crippen LogP contribution in [0.15, 0.2) is 29.3 Å². The van der Waals surface area contributed by atoms with E-state index in [1.165, 1.54) is 24.2 Å². The van der Waals surface area contributed by atoms with E-state index in [1.807, 2.05) is 18.8 Å². The van der Waals surface area contributed by atoms with Crippen LogP contribution in [0.25, 0.3) is 0 Å². The van der Waals surface area contributed by atoms with Crippen molar-refractivity contribution in [2.45, 2.75) is 13.1 Å². The van der Waals surface area contributed by atoms with Crippen LogP contribution in [0.5, 0.6) is 0 Å².